The van der Waals surface area contributed by atoms with E-state index in [1.165, 1.54) is 31.4 Å². The van der Waals surface area contributed by atoms with Crippen molar-refractivity contribution in [1.29, 1.82) is 0 Å². The maximum Gasteiger partial charge on any atom is 0.330 e. The molecule has 0 amide bonds. The van der Waals surface area contributed by atoms with Crippen LogP contribution in [0.4, 0.5) is 0 Å². The molecule has 16 heavy (non-hydrogen) atoms. The zero-order chi connectivity index (χ0) is 12.2. The molecular weight excluding hydrogens is 228 g/mol. The SMILES string of the molecule is COC(=O)/C=C/c1cccc(S(C)(=O)=O)c1. The number of sulfone groups is 1. The Morgan fingerprint density at radius 2 is 2.06 bits per heavy atom. The summed E-state index contributed by atoms with van der Waals surface area (Å²) < 4.78 is 27.0. The van der Waals surface area contributed by atoms with Crippen LogP contribution in [0.2, 0.25) is 0 Å². The van der Waals surface area contributed by atoms with E-state index in [0.29, 0.717) is 5.56 Å². The number of methoxy groups -OCH3 is 1. The van der Waals surface area contributed by atoms with Crippen molar-refractivity contribution in [2.24, 2.45) is 0 Å². The molecule has 0 bridgehead atoms. The average Bonchev–Trinajstić information content (AvgIpc) is 2.25. The molecule has 0 fully saturated rings. The molecule has 1 aromatic carbocycles. The molecule has 0 radical (unpaired) electrons. The molecule has 0 saturated heterocycles. The summed E-state index contributed by atoms with van der Waals surface area (Å²) in [6.45, 7) is 0. The first-order chi connectivity index (χ1) is 7.43. The lowest BCUT2D eigenvalue weighted by atomic mass is 10.2. The van der Waals surface area contributed by atoms with Crippen LogP contribution < -0.4 is 0 Å². The lowest BCUT2D eigenvalue weighted by Gasteiger charge is -1.99. The van der Waals surface area contributed by atoms with E-state index in [-0.39, 0.29) is 4.90 Å². The molecule has 0 aliphatic carbocycles. The third-order valence-electron chi connectivity index (χ3n) is 1.90. The van der Waals surface area contributed by atoms with Crippen LogP contribution in [0, 0.1) is 0 Å². The van der Waals surface area contributed by atoms with E-state index in [9.17, 15) is 13.2 Å². The van der Waals surface area contributed by atoms with E-state index in [4.69, 9.17) is 0 Å². The van der Waals surface area contributed by atoms with Crippen LogP contribution >= 0.6 is 0 Å². The Kier molecular flexibility index (Phi) is 3.84. The Balaban J connectivity index is 3.01. The van der Waals surface area contributed by atoms with Crippen LogP contribution in [-0.2, 0) is 19.4 Å². The third kappa shape index (κ3) is 3.51. The molecule has 0 heterocycles. The highest BCUT2D eigenvalue weighted by molar-refractivity contribution is 7.90. The van der Waals surface area contributed by atoms with Crippen LogP contribution in [0.25, 0.3) is 6.08 Å². The highest BCUT2D eigenvalue weighted by atomic mass is 32.2. The van der Waals surface area contributed by atoms with Crippen molar-refractivity contribution in [3.05, 3.63) is 35.9 Å². The normalized spacial score (nSPS) is 11.6. The number of esters is 1. The largest absolute Gasteiger partial charge is 0.466 e. The van der Waals surface area contributed by atoms with Gasteiger partial charge in [-0.15, -0.1) is 0 Å². The molecule has 0 aromatic heterocycles. The summed E-state index contributed by atoms with van der Waals surface area (Å²) in [4.78, 5) is 11.1. The molecular formula is C11H12O4S. The molecule has 0 N–H and O–H groups in total. The highest BCUT2D eigenvalue weighted by Gasteiger charge is 2.06. The van der Waals surface area contributed by atoms with E-state index in [1.807, 2.05) is 0 Å². The second kappa shape index (κ2) is 4.94. The Morgan fingerprint density at radius 3 is 2.62 bits per heavy atom. The van der Waals surface area contributed by atoms with Gasteiger partial charge >= 0.3 is 5.97 Å². The molecule has 0 spiro atoms. The van der Waals surface area contributed by atoms with Gasteiger partial charge in [-0.1, -0.05) is 12.1 Å². The topological polar surface area (TPSA) is 60.4 Å². The van der Waals surface area contributed by atoms with Crippen molar-refractivity contribution in [3.8, 4) is 0 Å². The minimum absolute atomic E-state index is 0.222. The Morgan fingerprint density at radius 1 is 1.38 bits per heavy atom. The zero-order valence-corrected chi connectivity index (χ0v) is 9.82. The smallest absolute Gasteiger partial charge is 0.330 e. The van der Waals surface area contributed by atoms with Gasteiger partial charge in [0.2, 0.25) is 0 Å². The van der Waals surface area contributed by atoms with Gasteiger partial charge in [0.25, 0.3) is 0 Å². The van der Waals surface area contributed by atoms with Gasteiger partial charge in [-0.25, -0.2) is 13.2 Å². The minimum atomic E-state index is -3.22. The molecule has 0 aliphatic rings. The second-order valence-corrected chi connectivity index (χ2v) is 5.22. The summed E-state index contributed by atoms with van der Waals surface area (Å²) >= 11 is 0. The molecule has 4 nitrogen and oxygen atoms in total. The lowest BCUT2D eigenvalue weighted by molar-refractivity contribution is -0.134. The number of ether oxygens (including phenoxy) is 1. The summed E-state index contributed by atoms with van der Waals surface area (Å²) in [5, 5.41) is 0. The van der Waals surface area contributed by atoms with E-state index in [0.717, 1.165) is 6.26 Å². The van der Waals surface area contributed by atoms with Crippen molar-refractivity contribution < 1.29 is 17.9 Å². The molecule has 5 heteroatoms. The van der Waals surface area contributed by atoms with Gasteiger partial charge in [-0.2, -0.15) is 0 Å². The van der Waals surface area contributed by atoms with Gasteiger partial charge in [0.1, 0.15) is 0 Å². The van der Waals surface area contributed by atoms with Crippen molar-refractivity contribution in [2.45, 2.75) is 4.90 Å². The maximum atomic E-state index is 11.3. The molecule has 0 atom stereocenters. The first kappa shape index (κ1) is 12.4. The van der Waals surface area contributed by atoms with Gasteiger partial charge in [0, 0.05) is 12.3 Å². The van der Waals surface area contributed by atoms with Gasteiger partial charge in [-0.3, -0.25) is 0 Å². The molecule has 0 unspecified atom stereocenters. The summed E-state index contributed by atoms with van der Waals surface area (Å²) in [6, 6.07) is 6.32. The standard InChI is InChI=1S/C11H12O4S/c1-15-11(12)7-6-9-4-3-5-10(8-9)16(2,13)14/h3-8H,1-2H3/b7-6+. The third-order valence-corrected chi connectivity index (χ3v) is 3.01. The molecule has 0 saturated carbocycles. The van der Waals surface area contributed by atoms with Gasteiger partial charge in [0.05, 0.1) is 12.0 Å². The minimum Gasteiger partial charge on any atom is -0.466 e. The summed E-state index contributed by atoms with van der Waals surface area (Å²) in [5.74, 6) is -0.482. The molecule has 0 aliphatic heterocycles. The van der Waals surface area contributed by atoms with Gasteiger partial charge in [0.15, 0.2) is 9.84 Å². The van der Waals surface area contributed by atoms with Crippen molar-refractivity contribution in [2.75, 3.05) is 13.4 Å². The zero-order valence-electron chi connectivity index (χ0n) is 9.01. The predicted molar refractivity (Wildman–Crippen MR) is 60.6 cm³/mol. The first-order valence-corrected chi connectivity index (χ1v) is 6.39. The number of rotatable bonds is 3. The fraction of sp³-hybridized carbons (Fsp3) is 0.182. The number of carbonyl (C=O) groups excluding carboxylic acids is 1. The molecule has 86 valence electrons. The Labute approximate surface area is 94.5 Å². The quantitative estimate of drug-likeness (QED) is 0.589. The summed E-state index contributed by atoms with van der Waals surface area (Å²) in [6.07, 6.45) is 3.87. The lowest BCUT2D eigenvalue weighted by Crippen LogP contribution is -1.97. The number of hydrogen-bond donors (Lipinski definition) is 0. The van der Waals surface area contributed by atoms with E-state index >= 15 is 0 Å². The summed E-state index contributed by atoms with van der Waals surface area (Å²) in [7, 11) is -1.94. The maximum absolute atomic E-state index is 11.3. The second-order valence-electron chi connectivity index (χ2n) is 3.20. The van der Waals surface area contributed by atoms with E-state index in [1.54, 1.807) is 12.1 Å². The van der Waals surface area contributed by atoms with E-state index < -0.39 is 15.8 Å². The first-order valence-electron chi connectivity index (χ1n) is 4.49. The van der Waals surface area contributed by atoms with Crippen molar-refractivity contribution in [3.63, 3.8) is 0 Å². The highest BCUT2D eigenvalue weighted by Crippen LogP contribution is 2.12. The number of benzene rings is 1. The van der Waals surface area contributed by atoms with Crippen LogP contribution in [-0.4, -0.2) is 27.8 Å². The summed E-state index contributed by atoms with van der Waals surface area (Å²) in [5.41, 5.74) is 0.633. The van der Waals surface area contributed by atoms with E-state index in [2.05, 4.69) is 4.74 Å². The Hall–Kier alpha value is -1.62. The van der Waals surface area contributed by atoms with Gasteiger partial charge < -0.3 is 4.74 Å². The van der Waals surface area contributed by atoms with Gasteiger partial charge in [-0.05, 0) is 23.8 Å². The van der Waals surface area contributed by atoms with Crippen LogP contribution in [0.3, 0.4) is 0 Å². The Bertz CT molecular complexity index is 515. The fourth-order valence-corrected chi connectivity index (χ4v) is 1.76. The average molecular weight is 240 g/mol. The van der Waals surface area contributed by atoms with Crippen LogP contribution in [0.5, 0.6) is 0 Å². The molecule has 1 rings (SSSR count). The van der Waals surface area contributed by atoms with Crippen molar-refractivity contribution in [1.82, 2.24) is 0 Å². The van der Waals surface area contributed by atoms with Crippen molar-refractivity contribution >= 4 is 21.9 Å². The van der Waals surface area contributed by atoms with Crippen LogP contribution in [0.1, 0.15) is 5.56 Å². The predicted octanol–water partition coefficient (Wildman–Crippen LogP) is 1.28. The number of hydrogen-bond acceptors (Lipinski definition) is 4. The monoisotopic (exact) mass is 240 g/mol. The van der Waals surface area contributed by atoms with Crippen LogP contribution in [0.15, 0.2) is 35.2 Å². The number of carbonyl (C=O) groups is 1. The fourth-order valence-electron chi connectivity index (χ4n) is 1.08. The molecule has 1 aromatic rings.